The van der Waals surface area contributed by atoms with E-state index in [0.29, 0.717) is 11.2 Å². The van der Waals surface area contributed by atoms with Gasteiger partial charge in [0.25, 0.3) is 10.2 Å². The van der Waals surface area contributed by atoms with E-state index in [0.717, 1.165) is 5.39 Å². The normalized spacial score (nSPS) is 11.5. The summed E-state index contributed by atoms with van der Waals surface area (Å²) >= 11 is 0. The molecule has 5 nitrogen and oxygen atoms in total. The van der Waals surface area contributed by atoms with Crippen LogP contribution >= 0.6 is 0 Å². The maximum Gasteiger partial charge on any atom is 0.296 e. The van der Waals surface area contributed by atoms with Crippen LogP contribution in [0.2, 0.25) is 0 Å². The largest absolute Gasteiger partial charge is 0.296 e. The number of hydrogen-bond acceptors (Lipinski definition) is 3. The fourth-order valence-electron chi connectivity index (χ4n) is 1.34. The van der Waals surface area contributed by atoms with E-state index in [2.05, 4.69) is 9.71 Å². The Labute approximate surface area is 87.1 Å². The Hall–Kier alpha value is -1.66. The molecular weight excluding hydrogens is 214 g/mol. The number of rotatable bonds is 2. The van der Waals surface area contributed by atoms with E-state index < -0.39 is 10.2 Å². The number of nitrogens with one attached hydrogen (secondary N) is 1. The minimum absolute atomic E-state index is 0.385. The Bertz CT molecular complexity index is 590. The third-order valence-electron chi connectivity index (χ3n) is 1.88. The highest BCUT2D eigenvalue weighted by Gasteiger charge is 2.06. The summed E-state index contributed by atoms with van der Waals surface area (Å²) in [7, 11) is -3.76. The molecule has 1 heterocycles. The molecule has 0 unspecified atom stereocenters. The SMILES string of the molecule is NS(=O)(=O)Nc1cccc2cccnc12. The second-order valence-electron chi connectivity index (χ2n) is 3.03. The Morgan fingerprint density at radius 2 is 1.93 bits per heavy atom. The lowest BCUT2D eigenvalue weighted by atomic mass is 10.2. The predicted molar refractivity (Wildman–Crippen MR) is 58.5 cm³/mol. The number of fused-ring (bicyclic) bond motifs is 1. The van der Waals surface area contributed by atoms with Gasteiger partial charge in [-0.3, -0.25) is 9.71 Å². The van der Waals surface area contributed by atoms with Crippen LogP contribution in [0.5, 0.6) is 0 Å². The predicted octanol–water partition coefficient (Wildman–Crippen LogP) is 0.850. The lowest BCUT2D eigenvalue weighted by molar-refractivity contribution is 0.603. The first-order chi connectivity index (χ1) is 7.06. The molecule has 1 aromatic heterocycles. The van der Waals surface area contributed by atoms with Gasteiger partial charge in [-0.15, -0.1) is 0 Å². The Morgan fingerprint density at radius 1 is 1.20 bits per heavy atom. The van der Waals surface area contributed by atoms with Crippen LogP contribution in [0.15, 0.2) is 36.5 Å². The number of pyridine rings is 1. The van der Waals surface area contributed by atoms with E-state index in [9.17, 15) is 8.42 Å². The van der Waals surface area contributed by atoms with Crippen LogP contribution in [-0.2, 0) is 10.2 Å². The van der Waals surface area contributed by atoms with Gasteiger partial charge in [0, 0.05) is 11.6 Å². The summed E-state index contributed by atoms with van der Waals surface area (Å²) in [5.74, 6) is 0. The summed E-state index contributed by atoms with van der Waals surface area (Å²) in [5.41, 5.74) is 0.963. The summed E-state index contributed by atoms with van der Waals surface area (Å²) in [6.07, 6.45) is 1.59. The molecule has 0 aliphatic rings. The average molecular weight is 223 g/mol. The molecule has 78 valence electrons. The Morgan fingerprint density at radius 3 is 2.67 bits per heavy atom. The van der Waals surface area contributed by atoms with Crippen molar-refractivity contribution in [2.45, 2.75) is 0 Å². The fourth-order valence-corrected chi connectivity index (χ4v) is 1.81. The molecule has 0 atom stereocenters. The van der Waals surface area contributed by atoms with Crippen LogP contribution in [0.1, 0.15) is 0 Å². The van der Waals surface area contributed by atoms with Gasteiger partial charge in [0.2, 0.25) is 0 Å². The summed E-state index contributed by atoms with van der Waals surface area (Å²) in [4.78, 5) is 4.08. The van der Waals surface area contributed by atoms with Crippen molar-refractivity contribution in [3.8, 4) is 0 Å². The zero-order chi connectivity index (χ0) is 10.9. The van der Waals surface area contributed by atoms with Gasteiger partial charge >= 0.3 is 0 Å². The number of aromatic nitrogens is 1. The van der Waals surface area contributed by atoms with Crippen molar-refractivity contribution in [2.24, 2.45) is 5.14 Å². The third kappa shape index (κ3) is 2.23. The van der Waals surface area contributed by atoms with Gasteiger partial charge in [0.05, 0.1) is 11.2 Å². The van der Waals surface area contributed by atoms with Crippen molar-refractivity contribution in [3.63, 3.8) is 0 Å². The zero-order valence-corrected chi connectivity index (χ0v) is 8.53. The highest BCUT2D eigenvalue weighted by molar-refractivity contribution is 7.90. The highest BCUT2D eigenvalue weighted by Crippen LogP contribution is 2.20. The molecule has 0 aliphatic heterocycles. The van der Waals surface area contributed by atoms with E-state index >= 15 is 0 Å². The van der Waals surface area contributed by atoms with Gasteiger partial charge in [-0.2, -0.15) is 8.42 Å². The molecule has 0 bridgehead atoms. The molecule has 0 fully saturated rings. The first-order valence-electron chi connectivity index (χ1n) is 4.20. The standard InChI is InChI=1S/C9H9N3O2S/c10-15(13,14)12-8-5-1-3-7-4-2-6-11-9(7)8/h1-6,12H,(H2,10,13,14). The first kappa shape index (κ1) is 9.88. The van der Waals surface area contributed by atoms with E-state index in [1.165, 1.54) is 0 Å². The number of anilines is 1. The van der Waals surface area contributed by atoms with E-state index in [1.807, 2.05) is 12.1 Å². The van der Waals surface area contributed by atoms with E-state index in [1.54, 1.807) is 24.4 Å². The smallest absolute Gasteiger partial charge is 0.269 e. The molecule has 0 aliphatic carbocycles. The second-order valence-corrected chi connectivity index (χ2v) is 4.32. The number of benzene rings is 1. The molecule has 6 heteroatoms. The molecule has 2 aromatic rings. The molecule has 1 aromatic carbocycles. The van der Waals surface area contributed by atoms with E-state index in [-0.39, 0.29) is 0 Å². The van der Waals surface area contributed by atoms with Crippen LogP contribution in [0.4, 0.5) is 5.69 Å². The summed E-state index contributed by atoms with van der Waals surface area (Å²) in [6.45, 7) is 0. The topological polar surface area (TPSA) is 85.1 Å². The zero-order valence-electron chi connectivity index (χ0n) is 7.71. The number of hydrogen-bond donors (Lipinski definition) is 2. The van der Waals surface area contributed by atoms with Gasteiger partial charge in [0.15, 0.2) is 0 Å². The molecule has 15 heavy (non-hydrogen) atoms. The average Bonchev–Trinajstić information content (AvgIpc) is 2.16. The van der Waals surface area contributed by atoms with E-state index in [4.69, 9.17) is 5.14 Å². The lowest BCUT2D eigenvalue weighted by Gasteiger charge is -2.05. The highest BCUT2D eigenvalue weighted by atomic mass is 32.2. The number of nitrogens with two attached hydrogens (primary N) is 1. The second kappa shape index (κ2) is 3.48. The molecule has 0 radical (unpaired) electrons. The van der Waals surface area contributed by atoms with Crippen molar-refractivity contribution in [1.82, 2.24) is 4.98 Å². The van der Waals surface area contributed by atoms with Crippen molar-refractivity contribution >= 4 is 26.8 Å². The number of para-hydroxylation sites is 1. The van der Waals surface area contributed by atoms with Crippen LogP contribution in [0.25, 0.3) is 10.9 Å². The van der Waals surface area contributed by atoms with Crippen molar-refractivity contribution in [2.75, 3.05) is 4.72 Å². The lowest BCUT2D eigenvalue weighted by Crippen LogP contribution is -2.21. The molecule has 0 saturated carbocycles. The fraction of sp³-hybridized carbons (Fsp3) is 0. The Balaban J connectivity index is 2.61. The van der Waals surface area contributed by atoms with Gasteiger partial charge < -0.3 is 0 Å². The quantitative estimate of drug-likeness (QED) is 0.791. The molecule has 0 spiro atoms. The van der Waals surface area contributed by atoms with Gasteiger partial charge in [0.1, 0.15) is 0 Å². The molecule has 0 amide bonds. The van der Waals surface area contributed by atoms with Gasteiger partial charge in [-0.05, 0) is 12.1 Å². The van der Waals surface area contributed by atoms with Crippen LogP contribution < -0.4 is 9.86 Å². The summed E-state index contributed by atoms with van der Waals surface area (Å²) in [5, 5.41) is 5.74. The monoisotopic (exact) mass is 223 g/mol. The molecule has 3 N–H and O–H groups in total. The minimum Gasteiger partial charge on any atom is -0.269 e. The summed E-state index contributed by atoms with van der Waals surface area (Å²) in [6, 6.07) is 8.81. The van der Waals surface area contributed by atoms with Crippen molar-refractivity contribution in [3.05, 3.63) is 36.5 Å². The Kier molecular flexibility index (Phi) is 2.29. The molecule has 2 rings (SSSR count). The maximum atomic E-state index is 10.9. The molecular formula is C9H9N3O2S. The first-order valence-corrected chi connectivity index (χ1v) is 5.75. The van der Waals surface area contributed by atoms with Gasteiger partial charge in [-0.1, -0.05) is 18.2 Å². The summed E-state index contributed by atoms with van der Waals surface area (Å²) < 4.78 is 24.0. The van der Waals surface area contributed by atoms with Crippen molar-refractivity contribution in [1.29, 1.82) is 0 Å². The maximum absolute atomic E-state index is 10.9. The van der Waals surface area contributed by atoms with Crippen LogP contribution in [0.3, 0.4) is 0 Å². The van der Waals surface area contributed by atoms with Gasteiger partial charge in [-0.25, -0.2) is 5.14 Å². The number of nitrogens with zero attached hydrogens (tertiary/aromatic N) is 1. The third-order valence-corrected chi connectivity index (χ3v) is 2.39. The van der Waals surface area contributed by atoms with Crippen molar-refractivity contribution < 1.29 is 8.42 Å². The molecule has 0 saturated heterocycles. The minimum atomic E-state index is -3.76. The van der Waals surface area contributed by atoms with Crippen LogP contribution in [-0.4, -0.2) is 13.4 Å². The van der Waals surface area contributed by atoms with Crippen LogP contribution in [0, 0.1) is 0 Å².